The van der Waals surface area contributed by atoms with E-state index in [1.54, 1.807) is 0 Å². The van der Waals surface area contributed by atoms with E-state index in [1.807, 2.05) is 43.3 Å². The summed E-state index contributed by atoms with van der Waals surface area (Å²) in [4.78, 5) is 13.3. The maximum absolute atomic E-state index is 12.2. The molecule has 2 amide bonds. The molecule has 0 aliphatic carbocycles. The third-order valence-corrected chi connectivity index (χ3v) is 5.05. The zero-order valence-corrected chi connectivity index (χ0v) is 13.7. The van der Waals surface area contributed by atoms with E-state index in [1.165, 1.54) is 11.3 Å². The molecule has 0 bridgehead atoms. The van der Waals surface area contributed by atoms with Gasteiger partial charge in [0, 0.05) is 16.9 Å². The first kappa shape index (κ1) is 15.2. The predicted octanol–water partition coefficient (Wildman–Crippen LogP) is 4.29. The second kappa shape index (κ2) is 6.58. The molecule has 3 rings (SSSR count). The summed E-state index contributed by atoms with van der Waals surface area (Å²) >= 11 is 7.40. The fraction of sp³-hybridized carbons (Fsp3) is 0.312. The highest BCUT2D eigenvalue weighted by atomic mass is 35.5. The minimum absolute atomic E-state index is 0.0240. The van der Waals surface area contributed by atoms with Crippen LogP contribution in [0.4, 0.5) is 4.79 Å². The molecule has 0 radical (unpaired) electrons. The van der Waals surface area contributed by atoms with E-state index in [0.29, 0.717) is 6.61 Å². The number of hydrogen-bond donors (Lipinski definition) is 2. The zero-order valence-electron chi connectivity index (χ0n) is 12.1. The molecule has 4 nitrogen and oxygen atoms in total. The van der Waals surface area contributed by atoms with Gasteiger partial charge in [-0.2, -0.15) is 0 Å². The normalized spacial score (nSPS) is 18.0. The first-order valence-electron chi connectivity index (χ1n) is 7.17. The van der Waals surface area contributed by atoms with Crippen LogP contribution in [-0.4, -0.2) is 12.6 Å². The van der Waals surface area contributed by atoms with Crippen LogP contribution in [0.15, 0.2) is 36.4 Å². The summed E-state index contributed by atoms with van der Waals surface area (Å²) in [7, 11) is 0. The number of amides is 2. The first-order valence-corrected chi connectivity index (χ1v) is 8.37. The molecule has 0 saturated heterocycles. The highest BCUT2D eigenvalue weighted by Gasteiger charge is 2.23. The van der Waals surface area contributed by atoms with Crippen LogP contribution in [0.25, 0.3) is 0 Å². The van der Waals surface area contributed by atoms with Gasteiger partial charge in [-0.25, -0.2) is 4.79 Å². The van der Waals surface area contributed by atoms with Gasteiger partial charge in [-0.05, 0) is 25.1 Å². The Hall–Kier alpha value is -1.72. The lowest BCUT2D eigenvalue weighted by Crippen LogP contribution is -2.40. The molecule has 1 aliphatic heterocycles. The number of thiophene rings is 1. The van der Waals surface area contributed by atoms with Crippen LogP contribution >= 0.6 is 22.9 Å². The number of carbonyl (C=O) groups is 1. The summed E-state index contributed by atoms with van der Waals surface area (Å²) in [5, 5.41) is 5.97. The number of carbonyl (C=O) groups excluding carboxylic acids is 1. The first-order chi connectivity index (χ1) is 10.6. The predicted molar refractivity (Wildman–Crippen MR) is 88.7 cm³/mol. The smallest absolute Gasteiger partial charge is 0.315 e. The lowest BCUT2D eigenvalue weighted by molar-refractivity contribution is 0.221. The molecule has 0 fully saturated rings. The average molecular weight is 337 g/mol. The Labute approximate surface area is 138 Å². The lowest BCUT2D eigenvalue weighted by Gasteiger charge is -2.27. The van der Waals surface area contributed by atoms with E-state index in [9.17, 15) is 4.79 Å². The maximum atomic E-state index is 12.2. The van der Waals surface area contributed by atoms with Gasteiger partial charge in [0.25, 0.3) is 0 Å². The number of para-hydroxylation sites is 1. The SMILES string of the molecule is C[C@@H](NC(=O)N[C@H]1CCOc2ccccc21)c1ccc(Cl)s1. The standard InChI is InChI=1S/C16H17ClN2O2S/c1-10(14-6-7-15(17)22-14)18-16(20)19-12-8-9-21-13-5-3-2-4-11(12)13/h2-7,10,12H,8-9H2,1H3,(H2,18,19,20)/t10-,12+/m1/s1. The van der Waals surface area contributed by atoms with Crippen LogP contribution < -0.4 is 15.4 Å². The number of urea groups is 1. The Kier molecular flexibility index (Phi) is 4.55. The topological polar surface area (TPSA) is 50.4 Å². The molecule has 6 heteroatoms. The van der Waals surface area contributed by atoms with Crippen molar-refractivity contribution in [1.82, 2.24) is 10.6 Å². The number of benzene rings is 1. The van der Waals surface area contributed by atoms with Crippen molar-refractivity contribution in [2.45, 2.75) is 25.4 Å². The van der Waals surface area contributed by atoms with Gasteiger partial charge in [-0.15, -0.1) is 11.3 Å². The van der Waals surface area contributed by atoms with Crippen molar-refractivity contribution in [3.63, 3.8) is 0 Å². The van der Waals surface area contributed by atoms with Gasteiger partial charge in [0.15, 0.2) is 0 Å². The monoisotopic (exact) mass is 336 g/mol. The third-order valence-electron chi connectivity index (χ3n) is 3.63. The van der Waals surface area contributed by atoms with Crippen molar-refractivity contribution in [1.29, 1.82) is 0 Å². The molecule has 0 unspecified atom stereocenters. The Balaban J connectivity index is 1.63. The molecule has 2 heterocycles. The quantitative estimate of drug-likeness (QED) is 0.878. The van der Waals surface area contributed by atoms with Crippen molar-refractivity contribution in [3.05, 3.63) is 51.2 Å². The third kappa shape index (κ3) is 3.36. The summed E-state index contributed by atoms with van der Waals surface area (Å²) < 4.78 is 6.33. The number of fused-ring (bicyclic) bond motifs is 1. The minimum Gasteiger partial charge on any atom is -0.493 e. The van der Waals surface area contributed by atoms with Gasteiger partial charge >= 0.3 is 6.03 Å². The Morgan fingerprint density at radius 3 is 2.95 bits per heavy atom. The van der Waals surface area contributed by atoms with E-state index < -0.39 is 0 Å². The molecule has 22 heavy (non-hydrogen) atoms. The van der Waals surface area contributed by atoms with E-state index in [2.05, 4.69) is 10.6 Å². The highest BCUT2D eigenvalue weighted by molar-refractivity contribution is 7.16. The number of rotatable bonds is 3. The van der Waals surface area contributed by atoms with Crippen molar-refractivity contribution in [2.24, 2.45) is 0 Å². The van der Waals surface area contributed by atoms with Crippen LogP contribution in [0.3, 0.4) is 0 Å². The Bertz CT molecular complexity index is 674. The molecule has 0 saturated carbocycles. The van der Waals surface area contributed by atoms with Crippen LogP contribution in [0, 0.1) is 0 Å². The maximum Gasteiger partial charge on any atom is 0.315 e. The summed E-state index contributed by atoms with van der Waals surface area (Å²) in [5.41, 5.74) is 1.02. The van der Waals surface area contributed by atoms with Crippen LogP contribution in [0.1, 0.15) is 35.9 Å². The van der Waals surface area contributed by atoms with Crippen molar-refractivity contribution in [2.75, 3.05) is 6.61 Å². The van der Waals surface area contributed by atoms with Crippen molar-refractivity contribution >= 4 is 29.0 Å². The van der Waals surface area contributed by atoms with Gasteiger partial charge in [-0.1, -0.05) is 29.8 Å². The van der Waals surface area contributed by atoms with E-state index in [4.69, 9.17) is 16.3 Å². The molecular weight excluding hydrogens is 320 g/mol. The number of nitrogens with one attached hydrogen (secondary N) is 2. The molecule has 116 valence electrons. The summed E-state index contributed by atoms with van der Waals surface area (Å²) in [6.07, 6.45) is 0.768. The Morgan fingerprint density at radius 2 is 2.18 bits per heavy atom. The van der Waals surface area contributed by atoms with Gasteiger partial charge < -0.3 is 15.4 Å². The van der Waals surface area contributed by atoms with Gasteiger partial charge in [-0.3, -0.25) is 0 Å². The number of ether oxygens (including phenoxy) is 1. The summed E-state index contributed by atoms with van der Waals surface area (Å²) in [5.74, 6) is 0.845. The second-order valence-electron chi connectivity index (χ2n) is 5.21. The summed E-state index contributed by atoms with van der Waals surface area (Å²) in [6.45, 7) is 2.55. The van der Waals surface area contributed by atoms with Crippen LogP contribution in [-0.2, 0) is 0 Å². The highest BCUT2D eigenvalue weighted by Crippen LogP contribution is 2.31. The molecule has 2 atom stereocenters. The fourth-order valence-electron chi connectivity index (χ4n) is 2.52. The number of halogens is 1. The molecule has 1 aromatic carbocycles. The molecule has 0 spiro atoms. The van der Waals surface area contributed by atoms with E-state index >= 15 is 0 Å². The lowest BCUT2D eigenvalue weighted by atomic mass is 10.0. The van der Waals surface area contributed by atoms with E-state index in [-0.39, 0.29) is 18.1 Å². The van der Waals surface area contributed by atoms with Crippen molar-refractivity contribution < 1.29 is 9.53 Å². The molecule has 1 aromatic heterocycles. The Morgan fingerprint density at radius 1 is 1.36 bits per heavy atom. The summed E-state index contributed by atoms with van der Waals surface area (Å²) in [6, 6.07) is 11.3. The second-order valence-corrected chi connectivity index (χ2v) is 6.96. The van der Waals surface area contributed by atoms with Crippen LogP contribution in [0.5, 0.6) is 5.75 Å². The average Bonchev–Trinajstić information content (AvgIpc) is 2.94. The molecular formula is C16H17ClN2O2S. The molecule has 2 N–H and O–H groups in total. The van der Waals surface area contributed by atoms with E-state index in [0.717, 1.165) is 26.9 Å². The van der Waals surface area contributed by atoms with Gasteiger partial charge in [0.2, 0.25) is 0 Å². The van der Waals surface area contributed by atoms with Gasteiger partial charge in [0.1, 0.15) is 5.75 Å². The molecule has 2 aromatic rings. The fourth-order valence-corrected chi connectivity index (χ4v) is 3.58. The van der Waals surface area contributed by atoms with Crippen molar-refractivity contribution in [3.8, 4) is 5.75 Å². The molecule has 1 aliphatic rings. The van der Waals surface area contributed by atoms with Gasteiger partial charge in [0.05, 0.1) is 23.0 Å². The number of hydrogen-bond acceptors (Lipinski definition) is 3. The minimum atomic E-state index is -0.182. The van der Waals surface area contributed by atoms with Crippen LogP contribution in [0.2, 0.25) is 4.34 Å². The largest absolute Gasteiger partial charge is 0.493 e. The zero-order chi connectivity index (χ0) is 15.5.